The van der Waals surface area contributed by atoms with E-state index in [1.165, 1.54) is 15.9 Å². The maximum Gasteiger partial charge on any atom is 0.278 e. The van der Waals surface area contributed by atoms with Gasteiger partial charge in [0.1, 0.15) is 5.76 Å². The normalized spacial score (nSPS) is 17.4. The number of anilines is 1. The Morgan fingerprint density at radius 1 is 1.28 bits per heavy atom. The smallest absolute Gasteiger partial charge is 0.278 e. The van der Waals surface area contributed by atoms with E-state index in [-0.39, 0.29) is 17.4 Å². The van der Waals surface area contributed by atoms with Crippen molar-refractivity contribution < 1.29 is 9.21 Å². The molecule has 0 radical (unpaired) electrons. The second-order valence-electron chi connectivity index (χ2n) is 7.69. The molecule has 0 saturated carbocycles. The first kappa shape index (κ1) is 18.4. The average molecular weight is 414 g/mol. The molecular weight excluding hydrogens is 390 g/mol. The second kappa shape index (κ2) is 7.62. The molecular formula is C20H23N5O3S. The van der Waals surface area contributed by atoms with Crippen LogP contribution in [-0.4, -0.2) is 33.6 Å². The van der Waals surface area contributed by atoms with Crippen molar-refractivity contribution >= 4 is 27.3 Å². The molecule has 152 valence electrons. The average Bonchev–Trinajstić information content (AvgIpc) is 3.42. The summed E-state index contributed by atoms with van der Waals surface area (Å²) in [5.41, 5.74) is 1.76. The summed E-state index contributed by atoms with van der Waals surface area (Å²) >= 11 is 1.46. The number of hydrogen-bond donors (Lipinski definition) is 1. The molecule has 0 aromatic carbocycles. The topological polar surface area (TPSA) is 92.7 Å². The fourth-order valence-corrected chi connectivity index (χ4v) is 5.12. The predicted molar refractivity (Wildman–Crippen MR) is 109 cm³/mol. The summed E-state index contributed by atoms with van der Waals surface area (Å²) in [5, 5.41) is 8.32. The molecule has 4 heterocycles. The second-order valence-corrected chi connectivity index (χ2v) is 8.62. The number of amides is 1. The summed E-state index contributed by atoms with van der Waals surface area (Å²) in [6.45, 7) is 1.91. The number of furan rings is 1. The minimum absolute atomic E-state index is 0.0104. The first-order chi connectivity index (χ1) is 14.2. The molecule has 1 aliphatic heterocycles. The highest BCUT2D eigenvalue weighted by Gasteiger charge is 2.27. The van der Waals surface area contributed by atoms with E-state index in [0.717, 1.165) is 73.8 Å². The Balaban J connectivity index is 1.26. The van der Waals surface area contributed by atoms with Crippen LogP contribution in [0.3, 0.4) is 0 Å². The Hall–Kier alpha value is -2.68. The Morgan fingerprint density at radius 2 is 2.10 bits per heavy atom. The molecule has 5 rings (SSSR count). The van der Waals surface area contributed by atoms with Crippen molar-refractivity contribution in [2.45, 2.75) is 45.1 Å². The lowest BCUT2D eigenvalue weighted by Gasteiger charge is -2.30. The molecule has 1 saturated heterocycles. The van der Waals surface area contributed by atoms with Gasteiger partial charge in [-0.05, 0) is 50.7 Å². The molecule has 1 aliphatic carbocycles. The van der Waals surface area contributed by atoms with Gasteiger partial charge >= 0.3 is 0 Å². The molecule has 1 fully saturated rings. The van der Waals surface area contributed by atoms with E-state index < -0.39 is 0 Å². The third-order valence-electron chi connectivity index (χ3n) is 5.82. The first-order valence-electron chi connectivity index (χ1n) is 10.2. The van der Waals surface area contributed by atoms with Crippen LogP contribution in [0.15, 0.2) is 27.6 Å². The van der Waals surface area contributed by atoms with Crippen LogP contribution in [0.2, 0.25) is 0 Å². The largest absolute Gasteiger partial charge is 0.467 e. The van der Waals surface area contributed by atoms with Gasteiger partial charge < -0.3 is 14.6 Å². The summed E-state index contributed by atoms with van der Waals surface area (Å²) in [6, 6.07) is 3.67. The quantitative estimate of drug-likeness (QED) is 0.705. The van der Waals surface area contributed by atoms with E-state index in [1.54, 1.807) is 6.26 Å². The summed E-state index contributed by atoms with van der Waals surface area (Å²) in [6.07, 6.45) is 6.95. The van der Waals surface area contributed by atoms with Gasteiger partial charge in [0.25, 0.3) is 5.56 Å². The third kappa shape index (κ3) is 3.55. The Bertz CT molecular complexity index is 1080. The van der Waals surface area contributed by atoms with Crippen LogP contribution in [0.4, 0.5) is 5.13 Å². The van der Waals surface area contributed by atoms with E-state index >= 15 is 0 Å². The zero-order chi connectivity index (χ0) is 19.8. The molecule has 1 amide bonds. The van der Waals surface area contributed by atoms with Crippen LogP contribution in [0.5, 0.6) is 0 Å². The third-order valence-corrected chi connectivity index (χ3v) is 6.79. The van der Waals surface area contributed by atoms with Crippen molar-refractivity contribution in [1.82, 2.24) is 19.9 Å². The summed E-state index contributed by atoms with van der Waals surface area (Å²) < 4.78 is 6.72. The van der Waals surface area contributed by atoms with E-state index in [2.05, 4.69) is 15.3 Å². The Kier molecular flexibility index (Phi) is 4.83. The van der Waals surface area contributed by atoms with Gasteiger partial charge in [0.15, 0.2) is 0 Å². The molecule has 29 heavy (non-hydrogen) atoms. The lowest BCUT2D eigenvalue weighted by Crippen LogP contribution is -2.40. The highest BCUT2D eigenvalue weighted by Crippen LogP contribution is 2.28. The van der Waals surface area contributed by atoms with E-state index in [4.69, 9.17) is 9.40 Å². The van der Waals surface area contributed by atoms with Gasteiger partial charge in [-0.15, -0.1) is 5.10 Å². The van der Waals surface area contributed by atoms with Crippen LogP contribution in [0.25, 0.3) is 4.96 Å². The van der Waals surface area contributed by atoms with Gasteiger partial charge in [-0.25, -0.2) is 4.98 Å². The first-order valence-corrected chi connectivity index (χ1v) is 11.0. The van der Waals surface area contributed by atoms with Crippen molar-refractivity contribution in [3.8, 4) is 0 Å². The summed E-state index contributed by atoms with van der Waals surface area (Å²) in [7, 11) is 0. The fourth-order valence-electron chi connectivity index (χ4n) is 4.16. The summed E-state index contributed by atoms with van der Waals surface area (Å²) in [4.78, 5) is 32.7. The van der Waals surface area contributed by atoms with Crippen molar-refractivity contribution in [3.63, 3.8) is 0 Å². The molecule has 0 atom stereocenters. The van der Waals surface area contributed by atoms with E-state index in [1.807, 2.05) is 12.1 Å². The van der Waals surface area contributed by atoms with Crippen molar-refractivity contribution in [2.75, 3.05) is 18.0 Å². The van der Waals surface area contributed by atoms with Gasteiger partial charge in [-0.1, -0.05) is 11.3 Å². The lowest BCUT2D eigenvalue weighted by molar-refractivity contribution is -0.125. The van der Waals surface area contributed by atoms with Gasteiger partial charge in [0.2, 0.25) is 16.0 Å². The number of nitrogens with zero attached hydrogens (tertiary/aromatic N) is 4. The predicted octanol–water partition coefficient (Wildman–Crippen LogP) is 2.16. The minimum atomic E-state index is -0.0145. The molecule has 3 aromatic rings. The number of carbonyl (C=O) groups is 1. The summed E-state index contributed by atoms with van der Waals surface area (Å²) in [5.74, 6) is 0.811. The maximum atomic E-state index is 12.8. The zero-order valence-corrected chi connectivity index (χ0v) is 16.9. The van der Waals surface area contributed by atoms with Gasteiger partial charge in [-0.3, -0.25) is 9.59 Å². The number of hydrogen-bond acceptors (Lipinski definition) is 7. The van der Waals surface area contributed by atoms with E-state index in [0.29, 0.717) is 11.5 Å². The van der Waals surface area contributed by atoms with Crippen molar-refractivity contribution in [3.05, 3.63) is 45.8 Å². The van der Waals surface area contributed by atoms with Crippen molar-refractivity contribution in [1.29, 1.82) is 0 Å². The number of aromatic nitrogens is 3. The van der Waals surface area contributed by atoms with Crippen LogP contribution in [-0.2, 0) is 24.2 Å². The van der Waals surface area contributed by atoms with Gasteiger partial charge in [0, 0.05) is 24.6 Å². The number of aryl methyl sites for hydroxylation is 1. The Morgan fingerprint density at radius 3 is 2.90 bits per heavy atom. The number of nitrogens with one attached hydrogen (secondary N) is 1. The monoisotopic (exact) mass is 413 g/mol. The van der Waals surface area contributed by atoms with Crippen molar-refractivity contribution in [2.24, 2.45) is 5.92 Å². The maximum absolute atomic E-state index is 12.8. The highest BCUT2D eigenvalue weighted by atomic mass is 32.1. The number of carbonyl (C=O) groups excluding carboxylic acids is 1. The highest BCUT2D eigenvalue weighted by molar-refractivity contribution is 7.20. The van der Waals surface area contributed by atoms with Gasteiger partial charge in [-0.2, -0.15) is 4.52 Å². The standard InChI is InChI=1S/C20H23N5O3S/c26-17(21-12-14-4-3-11-28-14)13-7-9-24(10-8-13)20-23-25-18(27)15-5-1-2-6-16(15)22-19(25)29-20/h3-4,11,13H,1-2,5-10,12H2,(H,21,26). The number of piperidine rings is 1. The van der Waals surface area contributed by atoms with Gasteiger partial charge in [0.05, 0.1) is 18.5 Å². The van der Waals surface area contributed by atoms with Crippen LogP contribution < -0.4 is 15.8 Å². The molecule has 2 aliphatic rings. The number of fused-ring (bicyclic) bond motifs is 2. The fraction of sp³-hybridized carbons (Fsp3) is 0.500. The molecule has 0 bridgehead atoms. The molecule has 8 nitrogen and oxygen atoms in total. The van der Waals surface area contributed by atoms with Crippen LogP contribution in [0, 0.1) is 5.92 Å². The zero-order valence-electron chi connectivity index (χ0n) is 16.1. The minimum Gasteiger partial charge on any atom is -0.467 e. The Labute approximate surface area is 171 Å². The lowest BCUT2D eigenvalue weighted by atomic mass is 9.96. The molecule has 9 heteroatoms. The SMILES string of the molecule is O=C(NCc1ccco1)C1CCN(c2nn3c(=O)c4c(nc3s2)CCCC4)CC1. The van der Waals surface area contributed by atoms with E-state index in [9.17, 15) is 9.59 Å². The van der Waals surface area contributed by atoms with Crippen LogP contribution in [0.1, 0.15) is 42.7 Å². The molecule has 0 spiro atoms. The molecule has 0 unspecified atom stereocenters. The molecule has 3 aromatic heterocycles. The number of rotatable bonds is 4. The molecule has 1 N–H and O–H groups in total. The van der Waals surface area contributed by atoms with Crippen LogP contribution >= 0.6 is 11.3 Å².